The molecule has 3 heteroatoms. The van der Waals surface area contributed by atoms with Gasteiger partial charge in [-0.05, 0) is 42.0 Å². The highest BCUT2D eigenvalue weighted by Gasteiger charge is 2.19. The predicted octanol–water partition coefficient (Wildman–Crippen LogP) is 4.61. The fraction of sp³-hybridized carbons (Fsp3) is 0.471. The van der Waals surface area contributed by atoms with Crippen LogP contribution in [0, 0.1) is 0 Å². The molecule has 0 aliphatic rings. The molecule has 0 amide bonds. The van der Waals surface area contributed by atoms with Gasteiger partial charge in [0.25, 0.3) is 0 Å². The number of rotatable bonds is 4. The highest BCUT2D eigenvalue weighted by atomic mass is 16.4. The second-order valence-electron chi connectivity index (χ2n) is 5.95. The summed E-state index contributed by atoms with van der Waals surface area (Å²) in [5.41, 5.74) is 3.59. The molecule has 0 saturated carbocycles. The third-order valence-electron chi connectivity index (χ3n) is 3.89. The lowest BCUT2D eigenvalue weighted by Gasteiger charge is -2.11. The van der Waals surface area contributed by atoms with Crippen LogP contribution in [-0.4, -0.2) is 15.6 Å². The van der Waals surface area contributed by atoms with Gasteiger partial charge in [0.2, 0.25) is 0 Å². The van der Waals surface area contributed by atoms with Crippen molar-refractivity contribution in [2.45, 2.75) is 53.0 Å². The lowest BCUT2D eigenvalue weighted by atomic mass is 9.94. The van der Waals surface area contributed by atoms with Crippen molar-refractivity contribution in [3.8, 4) is 0 Å². The van der Waals surface area contributed by atoms with Gasteiger partial charge in [0.1, 0.15) is 0 Å². The molecule has 0 atom stereocenters. The van der Waals surface area contributed by atoms with Crippen molar-refractivity contribution in [3.63, 3.8) is 0 Å². The van der Waals surface area contributed by atoms with E-state index in [2.05, 4.69) is 44.5 Å². The van der Waals surface area contributed by atoms with Gasteiger partial charge < -0.3 is 9.67 Å². The Morgan fingerprint density at radius 1 is 1.20 bits per heavy atom. The van der Waals surface area contributed by atoms with Crippen LogP contribution in [0.3, 0.4) is 0 Å². The topological polar surface area (TPSA) is 42.2 Å². The van der Waals surface area contributed by atoms with Gasteiger partial charge in [0, 0.05) is 18.1 Å². The highest BCUT2D eigenvalue weighted by molar-refractivity contribution is 6.04. The molecule has 0 bridgehead atoms. The maximum Gasteiger partial charge on any atom is 0.337 e. The summed E-state index contributed by atoms with van der Waals surface area (Å²) in [7, 11) is 0. The number of carbonyl (C=O) groups is 1. The normalized spacial score (nSPS) is 11.8. The Hall–Kier alpha value is -1.77. The van der Waals surface area contributed by atoms with Crippen molar-refractivity contribution in [1.82, 2.24) is 4.57 Å². The summed E-state index contributed by atoms with van der Waals surface area (Å²) < 4.78 is 2.05. The average Bonchev–Trinajstić information content (AvgIpc) is 2.75. The van der Waals surface area contributed by atoms with E-state index in [0.717, 1.165) is 23.0 Å². The Bertz CT molecular complexity index is 651. The van der Waals surface area contributed by atoms with Crippen LogP contribution >= 0.6 is 0 Å². The second-order valence-corrected chi connectivity index (χ2v) is 5.95. The first-order valence-corrected chi connectivity index (χ1v) is 7.26. The van der Waals surface area contributed by atoms with Gasteiger partial charge in [0.05, 0.1) is 11.1 Å². The lowest BCUT2D eigenvalue weighted by Crippen LogP contribution is -2.04. The fourth-order valence-electron chi connectivity index (χ4n) is 2.69. The SMILES string of the molecule is CCn1cc(C(C)C)c2cc(C(C)C)cc(C(=O)O)c21. The molecular formula is C17H23NO2. The molecular weight excluding hydrogens is 250 g/mol. The number of aromatic nitrogens is 1. The van der Waals surface area contributed by atoms with E-state index in [-0.39, 0.29) is 0 Å². The minimum Gasteiger partial charge on any atom is -0.478 e. The predicted molar refractivity (Wildman–Crippen MR) is 82.7 cm³/mol. The Kier molecular flexibility index (Phi) is 3.89. The van der Waals surface area contributed by atoms with Crippen LogP contribution in [0.2, 0.25) is 0 Å². The number of carboxylic acids is 1. The molecule has 1 aromatic carbocycles. The van der Waals surface area contributed by atoms with E-state index in [1.807, 2.05) is 13.0 Å². The van der Waals surface area contributed by atoms with Crippen LogP contribution in [0.15, 0.2) is 18.3 Å². The lowest BCUT2D eigenvalue weighted by molar-refractivity contribution is 0.0698. The fourth-order valence-corrected chi connectivity index (χ4v) is 2.69. The van der Waals surface area contributed by atoms with Crippen LogP contribution in [0.1, 0.15) is 67.9 Å². The largest absolute Gasteiger partial charge is 0.478 e. The Morgan fingerprint density at radius 2 is 1.85 bits per heavy atom. The number of hydrogen-bond donors (Lipinski definition) is 1. The molecule has 3 nitrogen and oxygen atoms in total. The van der Waals surface area contributed by atoms with E-state index in [4.69, 9.17) is 0 Å². The van der Waals surface area contributed by atoms with E-state index in [9.17, 15) is 9.90 Å². The first-order valence-electron chi connectivity index (χ1n) is 7.26. The maximum absolute atomic E-state index is 11.6. The number of aromatic carboxylic acids is 1. The van der Waals surface area contributed by atoms with Crippen LogP contribution in [-0.2, 0) is 6.54 Å². The van der Waals surface area contributed by atoms with Gasteiger partial charge in [-0.25, -0.2) is 4.79 Å². The summed E-state index contributed by atoms with van der Waals surface area (Å²) in [4.78, 5) is 11.6. The molecule has 20 heavy (non-hydrogen) atoms. The third-order valence-corrected chi connectivity index (χ3v) is 3.89. The number of fused-ring (bicyclic) bond motifs is 1. The molecule has 0 aliphatic heterocycles. The second kappa shape index (κ2) is 5.31. The number of carboxylic acid groups (broad SMARTS) is 1. The molecule has 1 heterocycles. The zero-order valence-electron chi connectivity index (χ0n) is 12.9. The van der Waals surface area contributed by atoms with E-state index in [0.29, 0.717) is 17.4 Å². The van der Waals surface area contributed by atoms with Crippen LogP contribution in [0.25, 0.3) is 10.9 Å². The van der Waals surface area contributed by atoms with Crippen molar-refractivity contribution in [2.24, 2.45) is 0 Å². The van der Waals surface area contributed by atoms with Crippen LogP contribution in [0.5, 0.6) is 0 Å². The number of hydrogen-bond acceptors (Lipinski definition) is 1. The zero-order valence-corrected chi connectivity index (χ0v) is 12.9. The standard InChI is InChI=1S/C17H23NO2/c1-6-18-9-15(11(4)5)13-7-12(10(2)3)8-14(16(13)18)17(19)20/h7-11H,6H2,1-5H3,(H,19,20). The van der Waals surface area contributed by atoms with Gasteiger partial charge in [-0.15, -0.1) is 0 Å². The Balaban J connectivity index is 2.90. The number of nitrogens with zero attached hydrogens (tertiary/aromatic N) is 1. The molecule has 0 radical (unpaired) electrons. The van der Waals surface area contributed by atoms with Gasteiger partial charge in [-0.3, -0.25) is 0 Å². The summed E-state index contributed by atoms with van der Waals surface area (Å²) in [5.74, 6) is -0.141. The number of aryl methyl sites for hydroxylation is 1. The molecule has 2 rings (SSSR count). The molecule has 1 N–H and O–H groups in total. The molecule has 0 saturated heterocycles. The van der Waals surface area contributed by atoms with E-state index < -0.39 is 5.97 Å². The molecule has 2 aromatic rings. The van der Waals surface area contributed by atoms with Crippen molar-refractivity contribution in [3.05, 3.63) is 35.0 Å². The average molecular weight is 273 g/mol. The third kappa shape index (κ3) is 2.33. The summed E-state index contributed by atoms with van der Waals surface area (Å²) in [6.45, 7) is 11.3. The van der Waals surface area contributed by atoms with E-state index in [1.165, 1.54) is 5.56 Å². The minimum absolute atomic E-state index is 0.322. The van der Waals surface area contributed by atoms with Gasteiger partial charge >= 0.3 is 5.97 Å². The maximum atomic E-state index is 11.6. The summed E-state index contributed by atoms with van der Waals surface area (Å²) in [6.07, 6.45) is 2.10. The smallest absolute Gasteiger partial charge is 0.337 e. The quantitative estimate of drug-likeness (QED) is 0.884. The molecule has 0 unspecified atom stereocenters. The van der Waals surface area contributed by atoms with Gasteiger partial charge in [-0.2, -0.15) is 0 Å². The van der Waals surface area contributed by atoms with E-state index >= 15 is 0 Å². The summed E-state index contributed by atoms with van der Waals surface area (Å²) >= 11 is 0. The van der Waals surface area contributed by atoms with Gasteiger partial charge in [0.15, 0.2) is 0 Å². The zero-order chi connectivity index (χ0) is 15.0. The molecule has 108 valence electrons. The number of benzene rings is 1. The minimum atomic E-state index is -0.847. The molecule has 0 aliphatic carbocycles. The Morgan fingerprint density at radius 3 is 2.30 bits per heavy atom. The summed E-state index contributed by atoms with van der Waals surface area (Å²) in [6, 6.07) is 3.99. The van der Waals surface area contributed by atoms with Crippen molar-refractivity contribution in [1.29, 1.82) is 0 Å². The van der Waals surface area contributed by atoms with Crippen molar-refractivity contribution >= 4 is 16.9 Å². The van der Waals surface area contributed by atoms with Gasteiger partial charge in [-0.1, -0.05) is 27.7 Å². The monoisotopic (exact) mass is 273 g/mol. The van der Waals surface area contributed by atoms with Crippen molar-refractivity contribution < 1.29 is 9.90 Å². The Labute approximate surface area is 120 Å². The molecule has 0 fully saturated rings. The summed E-state index contributed by atoms with van der Waals surface area (Å²) in [5, 5.41) is 10.6. The van der Waals surface area contributed by atoms with Crippen LogP contribution < -0.4 is 0 Å². The highest BCUT2D eigenvalue weighted by Crippen LogP contribution is 2.33. The first kappa shape index (κ1) is 14.6. The molecule has 0 spiro atoms. The first-order chi connectivity index (χ1) is 9.36. The molecule has 1 aromatic heterocycles. The van der Waals surface area contributed by atoms with Crippen LogP contribution in [0.4, 0.5) is 0 Å². The van der Waals surface area contributed by atoms with E-state index in [1.54, 1.807) is 0 Å². The van der Waals surface area contributed by atoms with Crippen molar-refractivity contribution in [2.75, 3.05) is 0 Å².